The lowest BCUT2D eigenvalue weighted by atomic mass is 10.0. The van der Waals surface area contributed by atoms with Gasteiger partial charge in [-0.3, -0.25) is 4.90 Å². The third-order valence-electron chi connectivity index (χ3n) is 3.41. The predicted molar refractivity (Wildman–Crippen MR) is 71.1 cm³/mol. The largest absolute Gasteiger partial charge is 0.494 e. The molecule has 0 aliphatic carbocycles. The first kappa shape index (κ1) is 12.4. The summed E-state index contributed by atoms with van der Waals surface area (Å²) in [5.41, 5.74) is 1.29. The van der Waals surface area contributed by atoms with Crippen LogP contribution in [0.25, 0.3) is 0 Å². The van der Waals surface area contributed by atoms with Gasteiger partial charge in [0.1, 0.15) is 5.75 Å². The molecule has 1 aromatic rings. The Balaban J connectivity index is 2.00. The fraction of sp³-hybridized carbons (Fsp3) is 0.533. The quantitative estimate of drug-likeness (QED) is 0.788. The highest BCUT2D eigenvalue weighted by Crippen LogP contribution is 2.25. The van der Waals surface area contributed by atoms with Crippen molar-refractivity contribution in [3.8, 4) is 5.75 Å². The highest BCUT2D eigenvalue weighted by molar-refractivity contribution is 5.29. The van der Waals surface area contributed by atoms with Crippen molar-refractivity contribution in [1.29, 1.82) is 0 Å². The predicted octanol–water partition coefficient (Wildman–Crippen LogP) is 3.45. The van der Waals surface area contributed by atoms with Crippen LogP contribution in [0.4, 0.5) is 0 Å². The van der Waals surface area contributed by atoms with Gasteiger partial charge in [-0.05, 0) is 57.5 Å². The van der Waals surface area contributed by atoms with E-state index in [0.29, 0.717) is 0 Å². The van der Waals surface area contributed by atoms with Crippen LogP contribution in [-0.2, 0) is 0 Å². The van der Waals surface area contributed by atoms with Crippen molar-refractivity contribution >= 4 is 0 Å². The molecule has 1 saturated heterocycles. The van der Waals surface area contributed by atoms with E-state index in [9.17, 15) is 0 Å². The zero-order valence-electron chi connectivity index (χ0n) is 10.7. The van der Waals surface area contributed by atoms with E-state index in [1.54, 1.807) is 0 Å². The second-order valence-electron chi connectivity index (χ2n) is 4.61. The Bertz CT molecular complexity index is 327. The third-order valence-corrected chi connectivity index (χ3v) is 3.41. The van der Waals surface area contributed by atoms with Crippen LogP contribution in [0, 0.1) is 6.92 Å². The zero-order chi connectivity index (χ0) is 12.1. The van der Waals surface area contributed by atoms with E-state index in [-0.39, 0.29) is 6.04 Å². The van der Waals surface area contributed by atoms with Gasteiger partial charge in [-0.15, -0.1) is 0 Å². The average molecular weight is 232 g/mol. The topological polar surface area (TPSA) is 12.5 Å². The van der Waals surface area contributed by atoms with Gasteiger partial charge < -0.3 is 4.74 Å². The van der Waals surface area contributed by atoms with E-state index < -0.39 is 0 Å². The van der Waals surface area contributed by atoms with Gasteiger partial charge in [0, 0.05) is 6.04 Å². The smallest absolute Gasteiger partial charge is 0.119 e. The van der Waals surface area contributed by atoms with E-state index >= 15 is 0 Å². The van der Waals surface area contributed by atoms with Gasteiger partial charge in [0.2, 0.25) is 0 Å². The van der Waals surface area contributed by atoms with Crippen LogP contribution in [0.3, 0.4) is 0 Å². The maximum absolute atomic E-state index is 5.45. The number of likely N-dealkylation sites (tertiary alicyclic amines) is 1. The Morgan fingerprint density at radius 2 is 1.82 bits per heavy atom. The average Bonchev–Trinajstić information content (AvgIpc) is 2.40. The van der Waals surface area contributed by atoms with Crippen molar-refractivity contribution in [2.24, 2.45) is 0 Å². The molecule has 1 aliphatic rings. The molecular formula is C15H22NO. The van der Waals surface area contributed by atoms with E-state index in [0.717, 1.165) is 12.4 Å². The Labute approximate surface area is 105 Å². The maximum atomic E-state index is 5.45. The Morgan fingerprint density at radius 3 is 2.41 bits per heavy atom. The second kappa shape index (κ2) is 6.06. The highest BCUT2D eigenvalue weighted by atomic mass is 16.5. The van der Waals surface area contributed by atoms with Crippen molar-refractivity contribution in [2.75, 3.05) is 19.7 Å². The summed E-state index contributed by atoms with van der Waals surface area (Å²) in [6.07, 6.45) is 3.98. The first-order valence-electron chi connectivity index (χ1n) is 6.61. The van der Waals surface area contributed by atoms with Crippen LogP contribution in [0.2, 0.25) is 0 Å². The Hall–Kier alpha value is -1.02. The summed E-state index contributed by atoms with van der Waals surface area (Å²) >= 11 is 0. The summed E-state index contributed by atoms with van der Waals surface area (Å²) in [4.78, 5) is 2.47. The standard InChI is InChI=1S/C15H22NO/c1-3-17-15-9-7-14(8-10-15)13(2)16-11-5-4-6-12-16/h7-10,13H,2-6,11-12H2,1H3. The summed E-state index contributed by atoms with van der Waals surface area (Å²) in [7, 11) is 0. The lowest BCUT2D eigenvalue weighted by Crippen LogP contribution is -2.32. The number of rotatable bonds is 4. The summed E-state index contributed by atoms with van der Waals surface area (Å²) in [6.45, 7) is 9.38. The normalized spacial score (nSPS) is 18.9. The van der Waals surface area contributed by atoms with Crippen molar-refractivity contribution in [3.05, 3.63) is 36.8 Å². The maximum Gasteiger partial charge on any atom is 0.119 e. The minimum atomic E-state index is 0.283. The fourth-order valence-electron chi connectivity index (χ4n) is 2.39. The molecule has 0 N–H and O–H groups in total. The number of hydrogen-bond donors (Lipinski definition) is 0. The molecule has 0 saturated carbocycles. The lowest BCUT2D eigenvalue weighted by Gasteiger charge is -2.32. The van der Waals surface area contributed by atoms with E-state index in [1.165, 1.54) is 37.9 Å². The van der Waals surface area contributed by atoms with Crippen LogP contribution in [0.15, 0.2) is 24.3 Å². The zero-order valence-corrected chi connectivity index (χ0v) is 10.7. The Kier molecular flexibility index (Phi) is 4.43. The molecule has 1 radical (unpaired) electrons. The molecule has 0 bridgehead atoms. The van der Waals surface area contributed by atoms with Gasteiger partial charge in [0.05, 0.1) is 6.61 Å². The SMILES string of the molecule is [CH2]C(c1ccc(OCC)cc1)N1CCCCC1. The molecule has 2 heteroatoms. The fourth-order valence-corrected chi connectivity index (χ4v) is 2.39. The molecular weight excluding hydrogens is 210 g/mol. The van der Waals surface area contributed by atoms with Crippen LogP contribution in [0.1, 0.15) is 37.8 Å². The van der Waals surface area contributed by atoms with Crippen molar-refractivity contribution in [1.82, 2.24) is 4.90 Å². The van der Waals surface area contributed by atoms with Crippen LogP contribution in [0.5, 0.6) is 5.75 Å². The molecule has 2 nitrogen and oxygen atoms in total. The van der Waals surface area contributed by atoms with Crippen LogP contribution >= 0.6 is 0 Å². The molecule has 2 rings (SSSR count). The van der Waals surface area contributed by atoms with Gasteiger partial charge in [0.15, 0.2) is 0 Å². The summed E-state index contributed by atoms with van der Waals surface area (Å²) < 4.78 is 5.45. The molecule has 0 amide bonds. The van der Waals surface area contributed by atoms with Gasteiger partial charge in [-0.1, -0.05) is 18.6 Å². The van der Waals surface area contributed by atoms with Gasteiger partial charge in [-0.2, -0.15) is 0 Å². The molecule has 1 fully saturated rings. The number of hydrogen-bond acceptors (Lipinski definition) is 2. The molecule has 1 heterocycles. The lowest BCUT2D eigenvalue weighted by molar-refractivity contribution is 0.190. The molecule has 1 aliphatic heterocycles. The van der Waals surface area contributed by atoms with Gasteiger partial charge >= 0.3 is 0 Å². The summed E-state index contributed by atoms with van der Waals surface area (Å²) in [5, 5.41) is 0. The molecule has 0 aromatic heterocycles. The first-order chi connectivity index (χ1) is 8.31. The number of piperidine rings is 1. The monoisotopic (exact) mass is 232 g/mol. The molecule has 0 spiro atoms. The van der Waals surface area contributed by atoms with Crippen LogP contribution in [-0.4, -0.2) is 24.6 Å². The molecule has 1 aromatic carbocycles. The van der Waals surface area contributed by atoms with E-state index in [1.807, 2.05) is 19.1 Å². The molecule has 17 heavy (non-hydrogen) atoms. The first-order valence-corrected chi connectivity index (χ1v) is 6.61. The highest BCUT2D eigenvalue weighted by Gasteiger charge is 2.17. The van der Waals surface area contributed by atoms with Crippen molar-refractivity contribution in [2.45, 2.75) is 32.2 Å². The van der Waals surface area contributed by atoms with Crippen molar-refractivity contribution < 1.29 is 4.74 Å². The molecule has 1 unspecified atom stereocenters. The minimum absolute atomic E-state index is 0.283. The molecule has 1 atom stereocenters. The van der Waals surface area contributed by atoms with Gasteiger partial charge in [0.25, 0.3) is 0 Å². The third kappa shape index (κ3) is 3.22. The van der Waals surface area contributed by atoms with E-state index in [4.69, 9.17) is 4.74 Å². The van der Waals surface area contributed by atoms with E-state index in [2.05, 4.69) is 24.0 Å². The number of benzene rings is 1. The van der Waals surface area contributed by atoms with Crippen LogP contribution < -0.4 is 4.74 Å². The number of ether oxygens (including phenoxy) is 1. The number of nitrogens with zero attached hydrogens (tertiary/aromatic N) is 1. The minimum Gasteiger partial charge on any atom is -0.494 e. The van der Waals surface area contributed by atoms with Gasteiger partial charge in [-0.25, -0.2) is 0 Å². The second-order valence-corrected chi connectivity index (χ2v) is 4.61. The summed E-state index contributed by atoms with van der Waals surface area (Å²) in [6, 6.07) is 8.64. The summed E-state index contributed by atoms with van der Waals surface area (Å²) in [5.74, 6) is 0.946. The Morgan fingerprint density at radius 1 is 1.18 bits per heavy atom. The van der Waals surface area contributed by atoms with Crippen molar-refractivity contribution in [3.63, 3.8) is 0 Å². The molecule has 93 valence electrons.